The van der Waals surface area contributed by atoms with Crippen molar-refractivity contribution in [1.82, 2.24) is 0 Å². The van der Waals surface area contributed by atoms with Gasteiger partial charge in [0.1, 0.15) is 11.6 Å². The molecule has 2 N–H and O–H groups in total. The van der Waals surface area contributed by atoms with Gasteiger partial charge in [-0.2, -0.15) is 0 Å². The lowest BCUT2D eigenvalue weighted by atomic mass is 10.2. The number of hydrogen-bond acceptors (Lipinski definition) is 3. The lowest BCUT2D eigenvalue weighted by molar-refractivity contribution is -0.122. The molecule has 0 aromatic heterocycles. The monoisotopic (exact) mass is 412 g/mol. The molecule has 3 rings (SSSR count). The SMILES string of the molecule is CC(Oc1ccccc1Cl)C(=O)Nc1ccc(NC(=O)c2ccc(F)cc2)cc1. The molecule has 0 heterocycles. The van der Waals surface area contributed by atoms with E-state index in [0.29, 0.717) is 27.7 Å². The molecule has 29 heavy (non-hydrogen) atoms. The van der Waals surface area contributed by atoms with Crippen molar-refractivity contribution in [3.05, 3.63) is 89.2 Å². The maximum absolute atomic E-state index is 12.9. The normalized spacial score (nSPS) is 11.4. The van der Waals surface area contributed by atoms with E-state index in [1.165, 1.54) is 24.3 Å². The van der Waals surface area contributed by atoms with Gasteiger partial charge >= 0.3 is 0 Å². The Morgan fingerprint density at radius 2 is 1.48 bits per heavy atom. The third-order valence-corrected chi connectivity index (χ3v) is 4.34. The summed E-state index contributed by atoms with van der Waals surface area (Å²) in [6.45, 7) is 1.62. The van der Waals surface area contributed by atoms with E-state index in [2.05, 4.69) is 10.6 Å². The van der Waals surface area contributed by atoms with Crippen molar-refractivity contribution in [1.29, 1.82) is 0 Å². The third kappa shape index (κ3) is 5.56. The van der Waals surface area contributed by atoms with Gasteiger partial charge in [-0.05, 0) is 67.6 Å². The van der Waals surface area contributed by atoms with Crippen LogP contribution in [0, 0.1) is 5.82 Å². The van der Waals surface area contributed by atoms with Gasteiger partial charge in [0, 0.05) is 16.9 Å². The number of carbonyl (C=O) groups is 2. The number of carbonyl (C=O) groups excluding carboxylic acids is 2. The molecule has 0 fully saturated rings. The number of halogens is 2. The van der Waals surface area contributed by atoms with E-state index in [9.17, 15) is 14.0 Å². The summed E-state index contributed by atoms with van der Waals surface area (Å²) < 4.78 is 18.5. The van der Waals surface area contributed by atoms with Gasteiger partial charge in [-0.3, -0.25) is 9.59 Å². The summed E-state index contributed by atoms with van der Waals surface area (Å²) in [5.41, 5.74) is 1.43. The lowest BCUT2D eigenvalue weighted by Gasteiger charge is -2.15. The molecule has 0 bridgehead atoms. The van der Waals surface area contributed by atoms with Crippen LogP contribution in [0.3, 0.4) is 0 Å². The van der Waals surface area contributed by atoms with Gasteiger partial charge in [-0.1, -0.05) is 23.7 Å². The number of ether oxygens (including phenoxy) is 1. The van der Waals surface area contributed by atoms with Crippen LogP contribution in [0.1, 0.15) is 17.3 Å². The molecule has 0 spiro atoms. The van der Waals surface area contributed by atoms with E-state index in [-0.39, 0.29) is 11.8 Å². The smallest absolute Gasteiger partial charge is 0.265 e. The van der Waals surface area contributed by atoms with Gasteiger partial charge < -0.3 is 15.4 Å². The van der Waals surface area contributed by atoms with Crippen LogP contribution >= 0.6 is 11.6 Å². The second-order valence-electron chi connectivity index (χ2n) is 6.22. The molecular formula is C22H18ClFN2O3. The summed E-state index contributed by atoms with van der Waals surface area (Å²) in [7, 11) is 0. The first-order valence-electron chi connectivity index (χ1n) is 8.81. The molecular weight excluding hydrogens is 395 g/mol. The van der Waals surface area contributed by atoms with E-state index < -0.39 is 11.9 Å². The minimum atomic E-state index is -0.757. The van der Waals surface area contributed by atoms with Gasteiger partial charge in [0.05, 0.1) is 5.02 Å². The first-order valence-corrected chi connectivity index (χ1v) is 9.19. The predicted molar refractivity (Wildman–Crippen MR) is 111 cm³/mol. The minimum Gasteiger partial charge on any atom is -0.479 e. The topological polar surface area (TPSA) is 67.4 Å². The molecule has 0 aliphatic heterocycles. The van der Waals surface area contributed by atoms with Crippen molar-refractivity contribution < 1.29 is 18.7 Å². The molecule has 0 aliphatic carbocycles. The highest BCUT2D eigenvalue weighted by molar-refractivity contribution is 6.32. The maximum Gasteiger partial charge on any atom is 0.265 e. The van der Waals surface area contributed by atoms with Crippen molar-refractivity contribution in [3.63, 3.8) is 0 Å². The first kappa shape index (κ1) is 20.4. The summed E-state index contributed by atoms with van der Waals surface area (Å²) >= 11 is 6.03. The Labute approximate surface area is 172 Å². The zero-order chi connectivity index (χ0) is 20.8. The molecule has 1 unspecified atom stereocenters. The van der Waals surface area contributed by atoms with E-state index in [1.807, 2.05) is 0 Å². The average molecular weight is 413 g/mol. The molecule has 0 aliphatic rings. The zero-order valence-corrected chi connectivity index (χ0v) is 16.2. The van der Waals surface area contributed by atoms with Crippen LogP contribution in [0.15, 0.2) is 72.8 Å². The van der Waals surface area contributed by atoms with Gasteiger partial charge in [-0.15, -0.1) is 0 Å². The van der Waals surface area contributed by atoms with Gasteiger partial charge in [0.15, 0.2) is 6.10 Å². The summed E-state index contributed by atoms with van der Waals surface area (Å²) in [5.74, 6) is -0.679. The van der Waals surface area contributed by atoms with Crippen LogP contribution in [0.5, 0.6) is 5.75 Å². The van der Waals surface area contributed by atoms with Crippen LogP contribution in [0.4, 0.5) is 15.8 Å². The van der Waals surface area contributed by atoms with E-state index >= 15 is 0 Å². The Balaban J connectivity index is 1.57. The fourth-order valence-electron chi connectivity index (χ4n) is 2.47. The quantitative estimate of drug-likeness (QED) is 0.589. The lowest BCUT2D eigenvalue weighted by Crippen LogP contribution is -2.30. The minimum absolute atomic E-state index is 0.340. The fraction of sp³-hybridized carbons (Fsp3) is 0.0909. The molecule has 3 aromatic carbocycles. The number of anilines is 2. The van der Waals surface area contributed by atoms with Crippen LogP contribution in [-0.4, -0.2) is 17.9 Å². The summed E-state index contributed by atoms with van der Waals surface area (Å²) in [5, 5.41) is 5.87. The van der Waals surface area contributed by atoms with Crippen molar-refractivity contribution >= 4 is 34.8 Å². The highest BCUT2D eigenvalue weighted by Crippen LogP contribution is 2.24. The fourth-order valence-corrected chi connectivity index (χ4v) is 2.65. The van der Waals surface area contributed by atoms with Crippen molar-refractivity contribution in [3.8, 4) is 5.75 Å². The van der Waals surface area contributed by atoms with Crippen LogP contribution in [-0.2, 0) is 4.79 Å². The maximum atomic E-state index is 12.9. The average Bonchev–Trinajstić information content (AvgIpc) is 2.71. The van der Waals surface area contributed by atoms with Crippen molar-refractivity contribution in [2.45, 2.75) is 13.0 Å². The molecule has 3 aromatic rings. The number of nitrogens with one attached hydrogen (secondary N) is 2. The number of rotatable bonds is 6. The van der Waals surface area contributed by atoms with Crippen LogP contribution < -0.4 is 15.4 Å². The van der Waals surface area contributed by atoms with E-state index in [1.54, 1.807) is 55.5 Å². The number of benzene rings is 3. The number of amides is 2. The molecule has 0 radical (unpaired) electrons. The standard InChI is InChI=1S/C22H18ClFN2O3/c1-14(29-20-5-3-2-4-19(20)23)21(27)25-17-10-12-18(13-11-17)26-22(28)15-6-8-16(24)9-7-15/h2-14H,1H3,(H,25,27)(H,26,28). The zero-order valence-electron chi connectivity index (χ0n) is 15.5. The summed E-state index contributed by atoms with van der Waals surface area (Å²) in [4.78, 5) is 24.5. The molecule has 7 heteroatoms. The Morgan fingerprint density at radius 3 is 2.10 bits per heavy atom. The molecule has 0 saturated carbocycles. The number of para-hydroxylation sites is 1. The summed E-state index contributed by atoms with van der Waals surface area (Å²) in [6, 6.07) is 18.8. The second kappa shape index (κ2) is 9.21. The molecule has 5 nitrogen and oxygen atoms in total. The molecule has 1 atom stereocenters. The molecule has 148 valence electrons. The Bertz CT molecular complexity index is 1010. The summed E-state index contributed by atoms with van der Waals surface area (Å²) in [6.07, 6.45) is -0.757. The van der Waals surface area contributed by atoms with Crippen molar-refractivity contribution in [2.75, 3.05) is 10.6 Å². The van der Waals surface area contributed by atoms with E-state index in [4.69, 9.17) is 16.3 Å². The van der Waals surface area contributed by atoms with E-state index in [0.717, 1.165) is 0 Å². The first-order chi connectivity index (χ1) is 13.9. The third-order valence-electron chi connectivity index (χ3n) is 4.03. The van der Waals surface area contributed by atoms with Gasteiger partial charge in [-0.25, -0.2) is 4.39 Å². The van der Waals surface area contributed by atoms with Gasteiger partial charge in [0.25, 0.3) is 11.8 Å². The Hall–Kier alpha value is -3.38. The molecule has 2 amide bonds. The second-order valence-corrected chi connectivity index (χ2v) is 6.63. The van der Waals surface area contributed by atoms with Crippen LogP contribution in [0.25, 0.3) is 0 Å². The van der Waals surface area contributed by atoms with Crippen LogP contribution in [0.2, 0.25) is 5.02 Å². The largest absolute Gasteiger partial charge is 0.479 e. The van der Waals surface area contributed by atoms with Crippen molar-refractivity contribution in [2.24, 2.45) is 0 Å². The number of hydrogen-bond donors (Lipinski definition) is 2. The predicted octanol–water partition coefficient (Wildman–Crippen LogP) is 5.14. The Morgan fingerprint density at radius 1 is 0.897 bits per heavy atom. The highest BCUT2D eigenvalue weighted by Gasteiger charge is 2.16. The Kier molecular flexibility index (Phi) is 6.46. The van der Waals surface area contributed by atoms with Gasteiger partial charge in [0.2, 0.25) is 0 Å². The molecule has 0 saturated heterocycles. The highest BCUT2D eigenvalue weighted by atomic mass is 35.5.